The summed E-state index contributed by atoms with van der Waals surface area (Å²) >= 11 is 0. The van der Waals surface area contributed by atoms with Crippen molar-refractivity contribution in [2.24, 2.45) is 0 Å². The van der Waals surface area contributed by atoms with E-state index >= 15 is 0 Å². The Morgan fingerprint density at radius 1 is 1.11 bits per heavy atom. The average molecular weight is 242 g/mol. The molecule has 0 aliphatic heterocycles. The van der Waals surface area contributed by atoms with Crippen molar-refractivity contribution in [2.75, 3.05) is 0 Å². The number of phenolic OH excluding ortho intramolecular Hbond substituents is 1. The average Bonchev–Trinajstić information content (AvgIpc) is 2.39. The van der Waals surface area contributed by atoms with E-state index in [1.165, 1.54) is 0 Å². The van der Waals surface area contributed by atoms with Crippen molar-refractivity contribution in [3.05, 3.63) is 42.0 Å². The zero-order valence-corrected chi connectivity index (χ0v) is 10.1. The van der Waals surface area contributed by atoms with E-state index in [9.17, 15) is 14.7 Å². The van der Waals surface area contributed by atoms with Crippen molar-refractivity contribution in [1.29, 1.82) is 0 Å². The van der Waals surface area contributed by atoms with Crippen LogP contribution in [0.3, 0.4) is 0 Å². The molecule has 0 bridgehead atoms. The molecule has 0 amide bonds. The Hall–Kier alpha value is -2.16. The first kappa shape index (κ1) is 12.3. The quantitative estimate of drug-likeness (QED) is 0.662. The van der Waals surface area contributed by atoms with Gasteiger partial charge in [-0.25, -0.2) is 0 Å². The van der Waals surface area contributed by atoms with Crippen LogP contribution in [-0.4, -0.2) is 16.7 Å². The summed E-state index contributed by atoms with van der Waals surface area (Å²) in [7, 11) is 0. The van der Waals surface area contributed by atoms with Gasteiger partial charge < -0.3 is 5.11 Å². The van der Waals surface area contributed by atoms with Gasteiger partial charge in [0.2, 0.25) is 0 Å². The van der Waals surface area contributed by atoms with Gasteiger partial charge in [0.15, 0.2) is 5.78 Å². The van der Waals surface area contributed by atoms with Gasteiger partial charge >= 0.3 is 0 Å². The second-order valence-corrected chi connectivity index (χ2v) is 4.18. The van der Waals surface area contributed by atoms with Crippen LogP contribution in [0.5, 0.6) is 5.75 Å². The highest BCUT2D eigenvalue weighted by atomic mass is 16.3. The van der Waals surface area contributed by atoms with Crippen LogP contribution < -0.4 is 0 Å². The molecule has 0 radical (unpaired) electrons. The molecule has 0 aliphatic carbocycles. The molecule has 0 atom stereocenters. The normalized spacial score (nSPS) is 10.5. The Balaban J connectivity index is 2.43. The van der Waals surface area contributed by atoms with E-state index in [0.717, 1.165) is 5.39 Å². The lowest BCUT2D eigenvalue weighted by atomic mass is 9.99. The monoisotopic (exact) mass is 242 g/mol. The van der Waals surface area contributed by atoms with Gasteiger partial charge in [0, 0.05) is 11.8 Å². The number of hydrogen-bond donors (Lipinski definition) is 1. The molecule has 0 spiro atoms. The molecular weight excluding hydrogens is 228 g/mol. The van der Waals surface area contributed by atoms with Gasteiger partial charge in [-0.05, 0) is 11.5 Å². The first-order valence-corrected chi connectivity index (χ1v) is 5.89. The van der Waals surface area contributed by atoms with Crippen LogP contribution in [0.25, 0.3) is 10.8 Å². The molecule has 0 fully saturated rings. The van der Waals surface area contributed by atoms with Crippen molar-refractivity contribution in [2.45, 2.75) is 19.8 Å². The summed E-state index contributed by atoms with van der Waals surface area (Å²) in [5, 5.41) is 11.6. The van der Waals surface area contributed by atoms with E-state index in [0.29, 0.717) is 11.8 Å². The number of fused-ring (bicyclic) bond motifs is 1. The summed E-state index contributed by atoms with van der Waals surface area (Å²) in [5.74, 6) is -0.486. The summed E-state index contributed by atoms with van der Waals surface area (Å²) in [4.78, 5) is 23.2. The van der Waals surface area contributed by atoms with Crippen LogP contribution in [0.15, 0.2) is 36.4 Å². The first-order chi connectivity index (χ1) is 8.63. The summed E-state index contributed by atoms with van der Waals surface area (Å²) in [6.45, 7) is 1.72. The minimum absolute atomic E-state index is 0.0398. The third kappa shape index (κ3) is 2.25. The van der Waals surface area contributed by atoms with Gasteiger partial charge in [0.05, 0.1) is 12.0 Å². The Bertz CT molecular complexity index is 614. The van der Waals surface area contributed by atoms with Gasteiger partial charge in [-0.2, -0.15) is 0 Å². The highest BCUT2D eigenvalue weighted by molar-refractivity contribution is 6.11. The van der Waals surface area contributed by atoms with Crippen LogP contribution in [0.4, 0.5) is 0 Å². The summed E-state index contributed by atoms with van der Waals surface area (Å²) in [5.41, 5.74) is 0.218. The molecule has 2 rings (SSSR count). The minimum atomic E-state index is -0.329. The molecule has 0 unspecified atom stereocenters. The Kier molecular flexibility index (Phi) is 3.42. The molecule has 0 aromatic heterocycles. The van der Waals surface area contributed by atoms with Crippen molar-refractivity contribution in [1.82, 2.24) is 0 Å². The zero-order valence-electron chi connectivity index (χ0n) is 10.1. The predicted octanol–water partition coefficient (Wildman–Crippen LogP) is 3.10. The van der Waals surface area contributed by atoms with Gasteiger partial charge in [0.1, 0.15) is 11.5 Å². The smallest absolute Gasteiger partial charge is 0.173 e. The lowest BCUT2D eigenvalue weighted by Crippen LogP contribution is -2.07. The van der Waals surface area contributed by atoms with Crippen molar-refractivity contribution >= 4 is 22.3 Å². The molecule has 0 heterocycles. The molecule has 0 saturated carbocycles. The maximum Gasteiger partial charge on any atom is 0.173 e. The minimum Gasteiger partial charge on any atom is -0.507 e. The molecule has 0 saturated heterocycles. The molecule has 0 aliphatic rings. The second-order valence-electron chi connectivity index (χ2n) is 4.18. The lowest BCUT2D eigenvalue weighted by molar-refractivity contribution is -0.117. The topological polar surface area (TPSA) is 54.4 Å². The zero-order chi connectivity index (χ0) is 13.1. The van der Waals surface area contributed by atoms with Gasteiger partial charge in [0.25, 0.3) is 0 Å². The van der Waals surface area contributed by atoms with Gasteiger partial charge in [-0.1, -0.05) is 37.3 Å². The number of hydrogen-bond acceptors (Lipinski definition) is 3. The largest absolute Gasteiger partial charge is 0.507 e. The van der Waals surface area contributed by atoms with E-state index in [1.54, 1.807) is 31.2 Å². The Labute approximate surface area is 105 Å². The fraction of sp³-hybridized carbons (Fsp3) is 0.200. The number of rotatable bonds is 4. The predicted molar refractivity (Wildman–Crippen MR) is 69.9 cm³/mol. The van der Waals surface area contributed by atoms with Gasteiger partial charge in [-0.15, -0.1) is 0 Å². The third-order valence-electron chi connectivity index (χ3n) is 2.95. The van der Waals surface area contributed by atoms with Gasteiger partial charge in [-0.3, -0.25) is 9.59 Å². The number of ketones is 2. The van der Waals surface area contributed by atoms with E-state index < -0.39 is 0 Å². The number of Topliss-reactive ketones (excluding diaryl/α,β-unsaturated/α-hetero) is 2. The number of benzene rings is 2. The van der Waals surface area contributed by atoms with Crippen LogP contribution >= 0.6 is 0 Å². The highest BCUT2D eigenvalue weighted by Crippen LogP contribution is 2.29. The lowest BCUT2D eigenvalue weighted by Gasteiger charge is -2.06. The van der Waals surface area contributed by atoms with Crippen LogP contribution in [0.2, 0.25) is 0 Å². The third-order valence-corrected chi connectivity index (χ3v) is 2.95. The maximum atomic E-state index is 11.9. The maximum absolute atomic E-state index is 11.9. The Morgan fingerprint density at radius 2 is 1.83 bits per heavy atom. The standard InChI is InChI=1S/C15H14O3/c1-2-11(16)9-14(17)13-8-7-10-5-3-4-6-12(10)15(13)18/h3-8,18H,2,9H2,1H3. The molecule has 2 aromatic rings. The highest BCUT2D eigenvalue weighted by Gasteiger charge is 2.15. The summed E-state index contributed by atoms with van der Waals surface area (Å²) < 4.78 is 0. The van der Waals surface area contributed by atoms with E-state index in [-0.39, 0.29) is 29.3 Å². The number of aromatic hydroxyl groups is 1. The SMILES string of the molecule is CCC(=O)CC(=O)c1ccc2ccccc2c1O. The molecule has 3 heteroatoms. The first-order valence-electron chi connectivity index (χ1n) is 5.89. The molecule has 1 N–H and O–H groups in total. The molecule has 2 aromatic carbocycles. The molecular formula is C15H14O3. The fourth-order valence-electron chi connectivity index (χ4n) is 1.88. The Morgan fingerprint density at radius 3 is 2.56 bits per heavy atom. The van der Waals surface area contributed by atoms with E-state index in [4.69, 9.17) is 0 Å². The van der Waals surface area contributed by atoms with Crippen molar-refractivity contribution in [3.63, 3.8) is 0 Å². The number of carbonyl (C=O) groups is 2. The summed E-state index contributed by atoms with van der Waals surface area (Å²) in [6, 6.07) is 10.6. The fourth-order valence-corrected chi connectivity index (χ4v) is 1.88. The van der Waals surface area contributed by atoms with Crippen molar-refractivity contribution < 1.29 is 14.7 Å². The number of phenols is 1. The van der Waals surface area contributed by atoms with Crippen LogP contribution in [-0.2, 0) is 4.79 Å². The molecule has 18 heavy (non-hydrogen) atoms. The van der Waals surface area contributed by atoms with Crippen molar-refractivity contribution in [3.8, 4) is 5.75 Å². The number of carbonyl (C=O) groups excluding carboxylic acids is 2. The van der Waals surface area contributed by atoms with Crippen LogP contribution in [0.1, 0.15) is 30.1 Å². The second kappa shape index (κ2) is 5.00. The molecule has 3 nitrogen and oxygen atoms in total. The van der Waals surface area contributed by atoms with E-state index in [1.807, 2.05) is 12.1 Å². The van der Waals surface area contributed by atoms with Crippen LogP contribution in [0, 0.1) is 0 Å². The molecule has 92 valence electrons. The summed E-state index contributed by atoms with van der Waals surface area (Å²) in [6.07, 6.45) is 0.183. The van der Waals surface area contributed by atoms with E-state index in [2.05, 4.69) is 0 Å².